The van der Waals surface area contributed by atoms with Gasteiger partial charge in [-0.3, -0.25) is 4.79 Å². The predicted octanol–water partition coefficient (Wildman–Crippen LogP) is 6.08. The highest BCUT2D eigenvalue weighted by atomic mass is 79.9. The van der Waals surface area contributed by atoms with Gasteiger partial charge in [0.1, 0.15) is 11.5 Å². The fourth-order valence-electron chi connectivity index (χ4n) is 2.67. The largest absolute Gasteiger partial charge is 0.494 e. The smallest absolute Gasteiger partial charge is 0.226 e. The highest BCUT2D eigenvalue weighted by Gasteiger charge is 2.09. The number of rotatable bonds is 9. The van der Waals surface area contributed by atoms with Crippen LogP contribution >= 0.6 is 27.3 Å². The maximum Gasteiger partial charge on any atom is 0.226 e. The number of carbonyl (C=O) groups excluding carboxylic acids is 1. The van der Waals surface area contributed by atoms with Crippen molar-refractivity contribution in [1.82, 2.24) is 4.98 Å². The molecule has 1 N–H and O–H groups in total. The van der Waals surface area contributed by atoms with E-state index < -0.39 is 0 Å². The van der Waals surface area contributed by atoms with E-state index >= 15 is 0 Å². The van der Waals surface area contributed by atoms with Gasteiger partial charge in [-0.05, 0) is 78.2 Å². The van der Waals surface area contributed by atoms with Gasteiger partial charge < -0.3 is 14.8 Å². The molecule has 0 atom stereocenters. The van der Waals surface area contributed by atoms with Crippen LogP contribution in [0.4, 0.5) is 5.13 Å². The molecule has 3 rings (SSSR count). The second-order valence-electron chi connectivity index (χ2n) is 6.43. The average Bonchev–Trinajstić information content (AvgIpc) is 3.16. The topological polar surface area (TPSA) is 60.5 Å². The summed E-state index contributed by atoms with van der Waals surface area (Å²) in [6, 6.07) is 13.7. The summed E-state index contributed by atoms with van der Waals surface area (Å²) in [5.74, 6) is 1.56. The van der Waals surface area contributed by atoms with Gasteiger partial charge in [0.05, 0.1) is 23.4 Å². The lowest BCUT2D eigenvalue weighted by molar-refractivity contribution is -0.116. The van der Waals surface area contributed by atoms with E-state index in [2.05, 4.69) is 26.2 Å². The second-order valence-corrected chi connectivity index (χ2v) is 8.14. The molecule has 0 radical (unpaired) electrons. The zero-order valence-electron chi connectivity index (χ0n) is 16.4. The molecule has 2 aromatic carbocycles. The summed E-state index contributed by atoms with van der Waals surface area (Å²) < 4.78 is 12.1. The van der Waals surface area contributed by atoms with Gasteiger partial charge in [-0.15, -0.1) is 11.3 Å². The number of ether oxygens (including phenoxy) is 2. The monoisotopic (exact) mass is 474 g/mol. The van der Waals surface area contributed by atoms with Crippen molar-refractivity contribution in [3.63, 3.8) is 0 Å². The third-order valence-corrected chi connectivity index (χ3v) is 5.48. The molecule has 0 saturated carbocycles. The van der Waals surface area contributed by atoms with E-state index in [0.717, 1.165) is 32.8 Å². The Labute approximate surface area is 183 Å². The highest BCUT2D eigenvalue weighted by molar-refractivity contribution is 9.10. The summed E-state index contributed by atoms with van der Waals surface area (Å²) in [6.07, 6.45) is 1.00. The SMILES string of the molecule is CCOc1ccc(-c2csc(NC(=O)CCCOc3ccc(C)cc3Br)n2)cc1. The standard InChI is InChI=1S/C22H23BrN2O3S/c1-3-27-17-9-7-16(8-10-17)19-14-29-22(24-19)25-21(26)5-4-12-28-20-11-6-15(2)13-18(20)23/h6-11,13-14H,3-5,12H2,1-2H3,(H,24,25,26). The third kappa shape index (κ3) is 6.30. The van der Waals surface area contributed by atoms with Gasteiger partial charge in [-0.2, -0.15) is 0 Å². The van der Waals surface area contributed by atoms with E-state index in [-0.39, 0.29) is 5.91 Å². The van der Waals surface area contributed by atoms with E-state index in [9.17, 15) is 4.79 Å². The minimum atomic E-state index is -0.0656. The first-order valence-electron chi connectivity index (χ1n) is 9.42. The molecular weight excluding hydrogens is 452 g/mol. The molecule has 7 heteroatoms. The molecule has 0 unspecified atom stereocenters. The Bertz CT molecular complexity index is 957. The van der Waals surface area contributed by atoms with Crippen LogP contribution in [-0.4, -0.2) is 24.1 Å². The first-order chi connectivity index (χ1) is 14.0. The molecular formula is C22H23BrN2O3S. The minimum absolute atomic E-state index is 0.0656. The van der Waals surface area contributed by atoms with Crippen LogP contribution in [0, 0.1) is 6.92 Å². The first kappa shape index (κ1) is 21.3. The molecule has 5 nitrogen and oxygen atoms in total. The number of nitrogens with one attached hydrogen (secondary N) is 1. The van der Waals surface area contributed by atoms with E-state index in [1.54, 1.807) is 0 Å². The molecule has 0 spiro atoms. The molecule has 0 saturated heterocycles. The second kappa shape index (κ2) is 10.4. The van der Waals surface area contributed by atoms with Gasteiger partial charge in [-0.1, -0.05) is 6.07 Å². The predicted molar refractivity (Wildman–Crippen MR) is 121 cm³/mol. The normalized spacial score (nSPS) is 10.6. The number of nitrogens with zero attached hydrogens (tertiary/aromatic N) is 1. The molecule has 0 aliphatic carbocycles. The van der Waals surface area contributed by atoms with Gasteiger partial charge in [-0.25, -0.2) is 4.98 Å². The third-order valence-electron chi connectivity index (χ3n) is 4.10. The maximum atomic E-state index is 12.2. The van der Waals surface area contributed by atoms with E-state index in [4.69, 9.17) is 9.47 Å². The Hall–Kier alpha value is -2.38. The maximum absolute atomic E-state index is 12.2. The first-order valence-corrected chi connectivity index (χ1v) is 11.1. The van der Waals surface area contributed by atoms with Crippen LogP contribution in [0.25, 0.3) is 11.3 Å². The zero-order valence-corrected chi connectivity index (χ0v) is 18.8. The molecule has 152 valence electrons. The van der Waals surface area contributed by atoms with Crippen LogP contribution < -0.4 is 14.8 Å². The molecule has 0 aliphatic rings. The van der Waals surface area contributed by atoms with Crippen molar-refractivity contribution in [2.24, 2.45) is 0 Å². The number of carbonyl (C=O) groups is 1. The summed E-state index contributed by atoms with van der Waals surface area (Å²) >= 11 is 4.90. The van der Waals surface area contributed by atoms with Crippen molar-refractivity contribution in [2.45, 2.75) is 26.7 Å². The molecule has 0 bridgehead atoms. The van der Waals surface area contributed by atoms with Crippen LogP contribution in [0.2, 0.25) is 0 Å². The van der Waals surface area contributed by atoms with E-state index in [1.165, 1.54) is 11.3 Å². The van der Waals surface area contributed by atoms with Gasteiger partial charge in [0.25, 0.3) is 0 Å². The fourth-order valence-corrected chi connectivity index (χ4v) is 4.02. The number of anilines is 1. The minimum Gasteiger partial charge on any atom is -0.494 e. The lowest BCUT2D eigenvalue weighted by Gasteiger charge is -2.08. The summed E-state index contributed by atoms with van der Waals surface area (Å²) in [7, 11) is 0. The number of thiazole rings is 1. The Morgan fingerprint density at radius 1 is 1.17 bits per heavy atom. The number of benzene rings is 2. The number of hydrogen-bond donors (Lipinski definition) is 1. The van der Waals surface area contributed by atoms with Crippen LogP contribution in [-0.2, 0) is 4.79 Å². The molecule has 1 amide bonds. The molecule has 0 fully saturated rings. The van der Waals surface area contributed by atoms with Crippen molar-refractivity contribution in [3.8, 4) is 22.8 Å². The summed E-state index contributed by atoms with van der Waals surface area (Å²) in [6.45, 7) is 5.10. The average molecular weight is 475 g/mol. The lowest BCUT2D eigenvalue weighted by atomic mass is 10.2. The number of amides is 1. The van der Waals surface area contributed by atoms with Gasteiger partial charge >= 0.3 is 0 Å². The molecule has 0 aliphatic heterocycles. The summed E-state index contributed by atoms with van der Waals surface area (Å²) in [5.41, 5.74) is 2.99. The molecule has 3 aromatic rings. The lowest BCUT2D eigenvalue weighted by Crippen LogP contribution is -2.12. The van der Waals surface area contributed by atoms with Crippen molar-refractivity contribution < 1.29 is 14.3 Å². The fraction of sp³-hybridized carbons (Fsp3) is 0.273. The molecule has 29 heavy (non-hydrogen) atoms. The van der Waals surface area contributed by atoms with Gasteiger partial charge in [0, 0.05) is 17.4 Å². The van der Waals surface area contributed by atoms with Gasteiger partial charge in [0.15, 0.2) is 5.13 Å². The summed E-state index contributed by atoms with van der Waals surface area (Å²) in [5, 5.41) is 5.39. The van der Waals surface area contributed by atoms with Crippen LogP contribution in [0.15, 0.2) is 52.3 Å². The number of aryl methyl sites for hydroxylation is 1. The zero-order chi connectivity index (χ0) is 20.6. The Kier molecular flexibility index (Phi) is 7.66. The van der Waals surface area contributed by atoms with Crippen molar-refractivity contribution in [2.75, 3.05) is 18.5 Å². The van der Waals surface area contributed by atoms with Crippen molar-refractivity contribution >= 4 is 38.3 Å². The molecule has 1 heterocycles. The van der Waals surface area contributed by atoms with E-state index in [1.807, 2.05) is 61.7 Å². The van der Waals surface area contributed by atoms with Crippen molar-refractivity contribution in [1.29, 1.82) is 0 Å². The van der Waals surface area contributed by atoms with Gasteiger partial charge in [0.2, 0.25) is 5.91 Å². The Morgan fingerprint density at radius 3 is 2.69 bits per heavy atom. The van der Waals surface area contributed by atoms with Crippen LogP contribution in [0.1, 0.15) is 25.3 Å². The number of aromatic nitrogens is 1. The Balaban J connectivity index is 1.45. The van der Waals surface area contributed by atoms with Crippen LogP contribution in [0.5, 0.6) is 11.5 Å². The quantitative estimate of drug-likeness (QED) is 0.381. The van der Waals surface area contributed by atoms with Crippen molar-refractivity contribution in [3.05, 3.63) is 57.9 Å². The van der Waals surface area contributed by atoms with Crippen LogP contribution in [0.3, 0.4) is 0 Å². The number of halogens is 1. The molecule has 1 aromatic heterocycles. The number of hydrogen-bond acceptors (Lipinski definition) is 5. The summed E-state index contributed by atoms with van der Waals surface area (Å²) in [4.78, 5) is 16.7. The van der Waals surface area contributed by atoms with E-state index in [0.29, 0.717) is 31.2 Å². The highest BCUT2D eigenvalue weighted by Crippen LogP contribution is 2.27. The Morgan fingerprint density at radius 2 is 1.97 bits per heavy atom.